The third-order valence-electron chi connectivity index (χ3n) is 4.01. The van der Waals surface area contributed by atoms with Crippen molar-refractivity contribution in [1.82, 2.24) is 9.55 Å². The molecule has 2 aromatic carbocycles. The van der Waals surface area contributed by atoms with Crippen LogP contribution in [0.5, 0.6) is 0 Å². The fourth-order valence-electron chi connectivity index (χ4n) is 2.73. The lowest BCUT2D eigenvalue weighted by atomic mass is 10.1. The number of hydrogen-bond donors (Lipinski definition) is 0. The van der Waals surface area contributed by atoms with Gasteiger partial charge in [0.2, 0.25) is 0 Å². The first-order chi connectivity index (χ1) is 10.1. The first-order valence-corrected chi connectivity index (χ1v) is 7.76. The van der Waals surface area contributed by atoms with Crippen LogP contribution in [0.1, 0.15) is 22.5 Å². The summed E-state index contributed by atoms with van der Waals surface area (Å²) in [7, 11) is 0. The second kappa shape index (κ2) is 5.53. The molecule has 0 unspecified atom stereocenters. The van der Waals surface area contributed by atoms with E-state index >= 15 is 0 Å². The zero-order chi connectivity index (χ0) is 15.0. The standard InChI is InChI=1S/C18H19ClN2/c1-12-7-8-15-17(11-12)21(18(20-15)9-10-19)16-6-4-5-13(2)14(16)3/h4-8,11H,9-10H2,1-3H3. The maximum Gasteiger partial charge on any atom is 0.115 e. The summed E-state index contributed by atoms with van der Waals surface area (Å²) < 4.78 is 2.26. The lowest BCUT2D eigenvalue weighted by Gasteiger charge is -2.13. The molecule has 0 radical (unpaired) electrons. The van der Waals surface area contributed by atoms with Crippen LogP contribution < -0.4 is 0 Å². The summed E-state index contributed by atoms with van der Waals surface area (Å²) in [5.41, 5.74) is 7.20. The van der Waals surface area contributed by atoms with Crippen molar-refractivity contribution < 1.29 is 0 Å². The van der Waals surface area contributed by atoms with Gasteiger partial charge in [-0.15, -0.1) is 11.6 Å². The highest BCUT2D eigenvalue weighted by molar-refractivity contribution is 6.17. The lowest BCUT2D eigenvalue weighted by Crippen LogP contribution is -2.04. The Labute approximate surface area is 130 Å². The molecule has 3 rings (SSSR count). The molecule has 0 N–H and O–H groups in total. The Bertz CT molecular complexity index is 802. The van der Waals surface area contributed by atoms with Gasteiger partial charge in [-0.3, -0.25) is 4.57 Å². The largest absolute Gasteiger partial charge is 0.296 e. The lowest BCUT2D eigenvalue weighted by molar-refractivity contribution is 0.905. The predicted molar refractivity (Wildman–Crippen MR) is 89.7 cm³/mol. The molecule has 0 aliphatic heterocycles. The highest BCUT2D eigenvalue weighted by Gasteiger charge is 2.14. The molecule has 1 heterocycles. The van der Waals surface area contributed by atoms with E-state index in [0.717, 1.165) is 23.3 Å². The predicted octanol–water partition coefficient (Wildman–Crippen LogP) is 4.73. The number of halogens is 1. The average Bonchev–Trinajstić information content (AvgIpc) is 2.80. The molecule has 3 heteroatoms. The SMILES string of the molecule is Cc1ccc2nc(CCCl)n(-c3cccc(C)c3C)c2c1. The summed E-state index contributed by atoms with van der Waals surface area (Å²) in [6.45, 7) is 6.42. The van der Waals surface area contributed by atoms with E-state index in [-0.39, 0.29) is 0 Å². The van der Waals surface area contributed by atoms with Gasteiger partial charge in [0, 0.05) is 12.3 Å². The number of nitrogens with zero attached hydrogens (tertiary/aromatic N) is 2. The molecule has 0 atom stereocenters. The van der Waals surface area contributed by atoms with Gasteiger partial charge in [0.15, 0.2) is 0 Å². The van der Waals surface area contributed by atoms with Crippen molar-refractivity contribution in [1.29, 1.82) is 0 Å². The molecule has 0 bridgehead atoms. The highest BCUT2D eigenvalue weighted by Crippen LogP contribution is 2.26. The average molecular weight is 299 g/mol. The van der Waals surface area contributed by atoms with E-state index in [9.17, 15) is 0 Å². The van der Waals surface area contributed by atoms with Crippen molar-refractivity contribution in [2.24, 2.45) is 0 Å². The quantitative estimate of drug-likeness (QED) is 0.639. The normalized spacial score (nSPS) is 11.2. The zero-order valence-corrected chi connectivity index (χ0v) is 13.4. The summed E-state index contributed by atoms with van der Waals surface area (Å²) in [4.78, 5) is 4.77. The van der Waals surface area contributed by atoms with Gasteiger partial charge in [0.25, 0.3) is 0 Å². The molecule has 0 saturated heterocycles. The molecule has 0 amide bonds. The number of hydrogen-bond acceptors (Lipinski definition) is 1. The van der Waals surface area contributed by atoms with Crippen LogP contribution in [0.4, 0.5) is 0 Å². The monoisotopic (exact) mass is 298 g/mol. The number of aryl methyl sites for hydroxylation is 3. The fourth-order valence-corrected chi connectivity index (χ4v) is 2.90. The molecule has 0 fully saturated rings. The number of benzene rings is 2. The summed E-state index contributed by atoms with van der Waals surface area (Å²) in [5.74, 6) is 1.60. The van der Waals surface area contributed by atoms with E-state index in [1.54, 1.807) is 0 Å². The van der Waals surface area contributed by atoms with Crippen molar-refractivity contribution in [3.05, 3.63) is 58.9 Å². The summed E-state index contributed by atoms with van der Waals surface area (Å²) in [6.07, 6.45) is 0.767. The van der Waals surface area contributed by atoms with Crippen LogP contribution in [0.25, 0.3) is 16.7 Å². The minimum atomic E-state index is 0.577. The van der Waals surface area contributed by atoms with Crippen molar-refractivity contribution >= 4 is 22.6 Å². The fraction of sp³-hybridized carbons (Fsp3) is 0.278. The molecule has 3 aromatic rings. The van der Waals surface area contributed by atoms with E-state index in [2.05, 4.69) is 61.7 Å². The molecule has 0 aliphatic carbocycles. The van der Waals surface area contributed by atoms with Crippen LogP contribution in [0, 0.1) is 20.8 Å². The molecule has 0 saturated carbocycles. The van der Waals surface area contributed by atoms with Crippen molar-refractivity contribution in [2.45, 2.75) is 27.2 Å². The Morgan fingerprint density at radius 1 is 1.10 bits per heavy atom. The van der Waals surface area contributed by atoms with Crippen LogP contribution in [-0.4, -0.2) is 15.4 Å². The second-order valence-electron chi connectivity index (χ2n) is 5.51. The number of rotatable bonds is 3. The molecule has 108 valence electrons. The van der Waals surface area contributed by atoms with E-state index in [1.165, 1.54) is 22.4 Å². The summed E-state index contributed by atoms with van der Waals surface area (Å²) >= 11 is 5.97. The van der Waals surface area contributed by atoms with Gasteiger partial charge >= 0.3 is 0 Å². The van der Waals surface area contributed by atoms with Gasteiger partial charge < -0.3 is 0 Å². The third-order valence-corrected chi connectivity index (χ3v) is 4.20. The van der Waals surface area contributed by atoms with Crippen LogP contribution in [0.15, 0.2) is 36.4 Å². The minimum absolute atomic E-state index is 0.577. The number of fused-ring (bicyclic) bond motifs is 1. The number of imidazole rings is 1. The number of aromatic nitrogens is 2. The smallest absolute Gasteiger partial charge is 0.115 e. The van der Waals surface area contributed by atoms with Crippen LogP contribution in [-0.2, 0) is 6.42 Å². The number of alkyl halides is 1. The second-order valence-corrected chi connectivity index (χ2v) is 5.89. The first kappa shape index (κ1) is 14.2. The minimum Gasteiger partial charge on any atom is -0.296 e. The summed E-state index contributed by atoms with van der Waals surface area (Å²) in [5, 5.41) is 0. The van der Waals surface area contributed by atoms with E-state index in [1.807, 2.05) is 0 Å². The van der Waals surface area contributed by atoms with Gasteiger partial charge in [0.1, 0.15) is 5.82 Å². The van der Waals surface area contributed by atoms with Crippen molar-refractivity contribution in [2.75, 3.05) is 5.88 Å². The first-order valence-electron chi connectivity index (χ1n) is 7.22. The molecular weight excluding hydrogens is 280 g/mol. The zero-order valence-electron chi connectivity index (χ0n) is 12.7. The summed E-state index contributed by atoms with van der Waals surface area (Å²) in [6, 6.07) is 12.8. The molecule has 0 aliphatic rings. The molecule has 0 spiro atoms. The van der Waals surface area contributed by atoms with Gasteiger partial charge in [0.05, 0.1) is 16.7 Å². The van der Waals surface area contributed by atoms with Crippen molar-refractivity contribution in [3.63, 3.8) is 0 Å². The van der Waals surface area contributed by atoms with Crippen LogP contribution in [0.3, 0.4) is 0 Å². The maximum atomic E-state index is 5.97. The topological polar surface area (TPSA) is 17.8 Å². The van der Waals surface area contributed by atoms with Gasteiger partial charge in [-0.05, 0) is 55.7 Å². The Morgan fingerprint density at radius 2 is 1.90 bits per heavy atom. The van der Waals surface area contributed by atoms with Gasteiger partial charge in [-0.25, -0.2) is 4.98 Å². The van der Waals surface area contributed by atoms with E-state index in [4.69, 9.17) is 16.6 Å². The van der Waals surface area contributed by atoms with Crippen LogP contribution in [0.2, 0.25) is 0 Å². The molecular formula is C18H19ClN2. The van der Waals surface area contributed by atoms with Gasteiger partial charge in [-0.1, -0.05) is 18.2 Å². The molecule has 21 heavy (non-hydrogen) atoms. The van der Waals surface area contributed by atoms with Gasteiger partial charge in [-0.2, -0.15) is 0 Å². The highest BCUT2D eigenvalue weighted by atomic mass is 35.5. The maximum absolute atomic E-state index is 5.97. The van der Waals surface area contributed by atoms with Crippen LogP contribution >= 0.6 is 11.6 Å². The van der Waals surface area contributed by atoms with Crippen molar-refractivity contribution in [3.8, 4) is 5.69 Å². The Kier molecular flexibility index (Phi) is 3.73. The molecule has 2 nitrogen and oxygen atoms in total. The Morgan fingerprint density at radius 3 is 2.67 bits per heavy atom. The van der Waals surface area contributed by atoms with E-state index in [0.29, 0.717) is 5.88 Å². The third kappa shape index (κ3) is 2.44. The van der Waals surface area contributed by atoms with E-state index < -0.39 is 0 Å². The molecule has 1 aromatic heterocycles. The Balaban J connectivity index is 2.35. The Hall–Kier alpha value is -1.80.